The average Bonchev–Trinajstić information content (AvgIpc) is 2.10. The molecule has 13 heavy (non-hydrogen) atoms. The smallest absolute Gasteiger partial charge is 0.259 e. The first-order valence-corrected chi connectivity index (χ1v) is 3.48. The van der Waals surface area contributed by atoms with Gasteiger partial charge in [-0.3, -0.25) is 14.4 Å². The molecular formula is C8H7NO4. The molecule has 0 aromatic carbocycles. The molecule has 0 spiro atoms. The lowest BCUT2D eigenvalue weighted by atomic mass is 10.1. The van der Waals surface area contributed by atoms with Gasteiger partial charge in [0.25, 0.3) is 5.56 Å². The maximum absolute atomic E-state index is 11.0. The molecule has 1 rings (SSSR count). The Hall–Kier alpha value is -1.91. The molecule has 0 aliphatic heterocycles. The number of aromatic hydroxyl groups is 1. The number of carbonyl (C=O) groups excluding carboxylic acids is 2. The summed E-state index contributed by atoms with van der Waals surface area (Å²) in [6.07, 6.45) is 0.517. The van der Waals surface area contributed by atoms with Gasteiger partial charge in [-0.25, -0.2) is 0 Å². The second kappa shape index (κ2) is 3.22. The van der Waals surface area contributed by atoms with Gasteiger partial charge in [0, 0.05) is 0 Å². The van der Waals surface area contributed by atoms with Crippen LogP contribution in [0.5, 0.6) is 5.75 Å². The number of aryl methyl sites for hydroxylation is 1. The van der Waals surface area contributed by atoms with Gasteiger partial charge in [0.2, 0.25) is 0 Å². The van der Waals surface area contributed by atoms with Gasteiger partial charge in [-0.1, -0.05) is 0 Å². The van der Waals surface area contributed by atoms with Crippen LogP contribution in [-0.2, 0) is 0 Å². The average molecular weight is 181 g/mol. The summed E-state index contributed by atoms with van der Waals surface area (Å²) in [6, 6.07) is 0. The number of nitrogens with one attached hydrogen (secondary N) is 1. The number of H-pyrrole nitrogens is 1. The second-order valence-corrected chi connectivity index (χ2v) is 2.49. The van der Waals surface area contributed by atoms with E-state index in [-0.39, 0.29) is 35.1 Å². The third-order valence-electron chi connectivity index (χ3n) is 1.68. The number of pyridine rings is 1. The Morgan fingerprint density at radius 3 is 2.23 bits per heavy atom. The highest BCUT2D eigenvalue weighted by molar-refractivity contribution is 5.92. The Kier molecular flexibility index (Phi) is 2.27. The van der Waals surface area contributed by atoms with E-state index in [2.05, 4.69) is 4.98 Å². The van der Waals surface area contributed by atoms with Crippen LogP contribution >= 0.6 is 0 Å². The minimum Gasteiger partial charge on any atom is -0.505 e. The van der Waals surface area contributed by atoms with E-state index < -0.39 is 5.56 Å². The largest absolute Gasteiger partial charge is 0.505 e. The molecule has 0 amide bonds. The molecule has 1 heterocycles. The van der Waals surface area contributed by atoms with Crippen LogP contribution in [0, 0.1) is 6.92 Å². The fourth-order valence-electron chi connectivity index (χ4n) is 0.985. The van der Waals surface area contributed by atoms with E-state index in [0.29, 0.717) is 0 Å². The first kappa shape index (κ1) is 9.18. The second-order valence-electron chi connectivity index (χ2n) is 2.49. The molecule has 1 aromatic heterocycles. The molecule has 0 atom stereocenters. The molecule has 0 saturated heterocycles. The van der Waals surface area contributed by atoms with E-state index in [1.54, 1.807) is 0 Å². The first-order valence-electron chi connectivity index (χ1n) is 3.48. The summed E-state index contributed by atoms with van der Waals surface area (Å²) >= 11 is 0. The fourth-order valence-corrected chi connectivity index (χ4v) is 0.985. The van der Waals surface area contributed by atoms with Gasteiger partial charge in [-0.15, -0.1) is 0 Å². The van der Waals surface area contributed by atoms with Crippen molar-refractivity contribution in [1.82, 2.24) is 4.98 Å². The monoisotopic (exact) mass is 181 g/mol. The van der Waals surface area contributed by atoms with Crippen molar-refractivity contribution in [3.8, 4) is 5.75 Å². The zero-order valence-corrected chi connectivity index (χ0v) is 6.83. The summed E-state index contributed by atoms with van der Waals surface area (Å²) < 4.78 is 0. The molecule has 1 aromatic rings. The number of carbonyl (C=O) groups is 2. The molecule has 68 valence electrons. The van der Waals surface area contributed by atoms with Crippen LogP contribution in [-0.4, -0.2) is 22.7 Å². The molecule has 0 unspecified atom stereocenters. The van der Waals surface area contributed by atoms with E-state index in [1.165, 1.54) is 6.92 Å². The van der Waals surface area contributed by atoms with E-state index >= 15 is 0 Å². The lowest BCUT2D eigenvalue weighted by molar-refractivity contribution is 0.109. The van der Waals surface area contributed by atoms with Gasteiger partial charge < -0.3 is 10.1 Å². The van der Waals surface area contributed by atoms with Crippen molar-refractivity contribution in [2.24, 2.45) is 0 Å². The standard InChI is InChI=1S/C8H7NO4/c1-4-7(12)5(2-10)6(3-11)8(13)9-4/h2-3,12H,1H3,(H,9,13). The zero-order chi connectivity index (χ0) is 10.0. The van der Waals surface area contributed by atoms with Crippen molar-refractivity contribution in [2.75, 3.05) is 0 Å². The third kappa shape index (κ3) is 1.35. The van der Waals surface area contributed by atoms with Gasteiger partial charge >= 0.3 is 0 Å². The highest BCUT2D eigenvalue weighted by Crippen LogP contribution is 2.17. The van der Waals surface area contributed by atoms with Crippen molar-refractivity contribution >= 4 is 12.6 Å². The quantitative estimate of drug-likeness (QED) is 0.629. The van der Waals surface area contributed by atoms with Crippen molar-refractivity contribution < 1.29 is 14.7 Å². The van der Waals surface area contributed by atoms with Crippen LogP contribution < -0.4 is 5.56 Å². The molecule has 0 aliphatic carbocycles. The van der Waals surface area contributed by atoms with E-state index in [4.69, 9.17) is 0 Å². The minimum atomic E-state index is -0.674. The molecule has 5 nitrogen and oxygen atoms in total. The van der Waals surface area contributed by atoms with Gasteiger partial charge in [-0.05, 0) is 6.92 Å². The van der Waals surface area contributed by atoms with Crippen molar-refractivity contribution in [3.63, 3.8) is 0 Å². The number of aldehydes is 2. The van der Waals surface area contributed by atoms with Crippen molar-refractivity contribution in [1.29, 1.82) is 0 Å². The van der Waals surface area contributed by atoms with Crippen LogP contribution in [0.2, 0.25) is 0 Å². The summed E-state index contributed by atoms with van der Waals surface area (Å²) in [7, 11) is 0. The van der Waals surface area contributed by atoms with Gasteiger partial charge in [0.15, 0.2) is 12.6 Å². The predicted molar refractivity (Wildman–Crippen MR) is 44.2 cm³/mol. The summed E-state index contributed by atoms with van der Waals surface area (Å²) in [5.74, 6) is -0.364. The zero-order valence-electron chi connectivity index (χ0n) is 6.83. The highest BCUT2D eigenvalue weighted by atomic mass is 16.3. The number of aromatic nitrogens is 1. The summed E-state index contributed by atoms with van der Waals surface area (Å²) in [6.45, 7) is 1.43. The predicted octanol–water partition coefficient (Wildman–Crippen LogP) is 0.0139. The van der Waals surface area contributed by atoms with E-state index in [1.807, 2.05) is 0 Å². The maximum Gasteiger partial charge on any atom is 0.259 e. The summed E-state index contributed by atoms with van der Waals surface area (Å²) in [5.41, 5.74) is -1.13. The van der Waals surface area contributed by atoms with Crippen LogP contribution in [0.3, 0.4) is 0 Å². The molecule has 0 fully saturated rings. The van der Waals surface area contributed by atoms with Crippen molar-refractivity contribution in [2.45, 2.75) is 6.92 Å². The molecule has 0 bridgehead atoms. The molecule has 0 radical (unpaired) electrons. The Balaban J connectivity index is 3.70. The first-order chi connectivity index (χ1) is 6.11. The summed E-state index contributed by atoms with van der Waals surface area (Å²) in [5, 5.41) is 9.27. The van der Waals surface area contributed by atoms with Crippen LogP contribution in [0.4, 0.5) is 0 Å². The van der Waals surface area contributed by atoms with E-state index in [0.717, 1.165) is 0 Å². The Morgan fingerprint density at radius 2 is 1.77 bits per heavy atom. The fraction of sp³-hybridized carbons (Fsp3) is 0.125. The molecule has 2 N–H and O–H groups in total. The summed E-state index contributed by atoms with van der Waals surface area (Å²) in [4.78, 5) is 34.1. The van der Waals surface area contributed by atoms with Crippen LogP contribution in [0.1, 0.15) is 26.4 Å². The normalized spacial score (nSPS) is 9.62. The Labute approximate surface area is 73.0 Å². The Morgan fingerprint density at radius 1 is 1.23 bits per heavy atom. The number of aromatic amines is 1. The third-order valence-corrected chi connectivity index (χ3v) is 1.68. The van der Waals surface area contributed by atoms with Gasteiger partial charge in [-0.2, -0.15) is 0 Å². The lowest BCUT2D eigenvalue weighted by Crippen LogP contribution is -2.16. The van der Waals surface area contributed by atoms with Gasteiger partial charge in [0.1, 0.15) is 5.75 Å². The topological polar surface area (TPSA) is 87.2 Å². The SMILES string of the molecule is Cc1[nH]c(=O)c(C=O)c(C=O)c1O. The van der Waals surface area contributed by atoms with Crippen LogP contribution in [0.15, 0.2) is 4.79 Å². The number of hydrogen-bond donors (Lipinski definition) is 2. The van der Waals surface area contributed by atoms with E-state index in [9.17, 15) is 19.5 Å². The minimum absolute atomic E-state index is 0.165. The molecular weight excluding hydrogens is 174 g/mol. The molecule has 0 aliphatic rings. The highest BCUT2D eigenvalue weighted by Gasteiger charge is 2.13. The van der Waals surface area contributed by atoms with Crippen LogP contribution in [0.25, 0.3) is 0 Å². The molecule has 5 heteroatoms. The maximum atomic E-state index is 11.0. The molecule has 0 saturated carbocycles. The lowest BCUT2D eigenvalue weighted by Gasteiger charge is -2.02. The number of hydrogen-bond acceptors (Lipinski definition) is 4. The Bertz CT molecular complexity index is 419. The van der Waals surface area contributed by atoms with Gasteiger partial charge in [0.05, 0.1) is 16.8 Å². The van der Waals surface area contributed by atoms with Crippen molar-refractivity contribution in [3.05, 3.63) is 27.2 Å². The number of rotatable bonds is 2.